The molecule has 0 aromatic heterocycles. The highest BCUT2D eigenvalue weighted by Gasteiger charge is 2.32. The highest BCUT2D eigenvalue weighted by atomic mass is 19.1. The van der Waals surface area contributed by atoms with Crippen molar-refractivity contribution in [1.29, 1.82) is 0 Å². The molecule has 2 heterocycles. The minimum absolute atomic E-state index is 0.0896. The number of amides is 1. The zero-order valence-electron chi connectivity index (χ0n) is 15.5. The topological polar surface area (TPSA) is 47.6 Å². The van der Waals surface area contributed by atoms with Crippen LogP contribution < -0.4 is 10.9 Å². The van der Waals surface area contributed by atoms with E-state index in [0.29, 0.717) is 30.3 Å². The molecule has 2 aromatic rings. The second-order valence-electron chi connectivity index (χ2n) is 7.30. The van der Waals surface area contributed by atoms with Crippen molar-refractivity contribution in [3.05, 3.63) is 71.0 Å². The van der Waals surface area contributed by atoms with Gasteiger partial charge in [-0.3, -0.25) is 9.69 Å². The van der Waals surface area contributed by atoms with Crippen molar-refractivity contribution in [3.63, 3.8) is 0 Å². The van der Waals surface area contributed by atoms with E-state index in [4.69, 9.17) is 0 Å². The van der Waals surface area contributed by atoms with Crippen molar-refractivity contribution in [1.82, 2.24) is 20.7 Å². The SMILES string of the molecule is Cc1ccc(C(=O)N2CCN(C3CC(c4ccccc4)NN3)CC2)cc1F. The van der Waals surface area contributed by atoms with E-state index in [1.165, 1.54) is 11.6 Å². The number of aryl methyl sites for hydroxylation is 1. The minimum atomic E-state index is -0.326. The van der Waals surface area contributed by atoms with Crippen LogP contribution in [0, 0.1) is 12.7 Å². The van der Waals surface area contributed by atoms with Crippen LogP contribution in [0.3, 0.4) is 0 Å². The fraction of sp³-hybridized carbons (Fsp3) is 0.381. The third kappa shape index (κ3) is 3.88. The van der Waals surface area contributed by atoms with Crippen LogP contribution in [0.5, 0.6) is 0 Å². The van der Waals surface area contributed by atoms with E-state index in [1.807, 2.05) is 11.0 Å². The van der Waals surface area contributed by atoms with Crippen LogP contribution in [0.4, 0.5) is 4.39 Å². The lowest BCUT2D eigenvalue weighted by atomic mass is 10.0. The zero-order chi connectivity index (χ0) is 18.8. The second kappa shape index (κ2) is 7.76. The molecule has 0 aliphatic carbocycles. The van der Waals surface area contributed by atoms with Gasteiger partial charge in [-0.2, -0.15) is 0 Å². The van der Waals surface area contributed by atoms with Crippen LogP contribution in [0.2, 0.25) is 0 Å². The monoisotopic (exact) mass is 368 g/mol. The smallest absolute Gasteiger partial charge is 0.254 e. The zero-order valence-corrected chi connectivity index (χ0v) is 15.5. The molecule has 4 rings (SSSR count). The van der Waals surface area contributed by atoms with Gasteiger partial charge in [-0.1, -0.05) is 36.4 Å². The molecule has 0 saturated carbocycles. The fourth-order valence-corrected chi connectivity index (χ4v) is 3.83. The normalized spacial score (nSPS) is 23.6. The number of benzene rings is 2. The maximum atomic E-state index is 13.8. The summed E-state index contributed by atoms with van der Waals surface area (Å²) in [6.45, 7) is 4.63. The van der Waals surface area contributed by atoms with Gasteiger partial charge in [0, 0.05) is 37.8 Å². The number of hydrogen-bond acceptors (Lipinski definition) is 4. The van der Waals surface area contributed by atoms with E-state index in [1.54, 1.807) is 19.1 Å². The van der Waals surface area contributed by atoms with Crippen molar-refractivity contribution in [2.24, 2.45) is 0 Å². The van der Waals surface area contributed by atoms with Crippen LogP contribution in [-0.4, -0.2) is 48.1 Å². The number of rotatable bonds is 3. The van der Waals surface area contributed by atoms with Gasteiger partial charge in [-0.25, -0.2) is 15.2 Å². The van der Waals surface area contributed by atoms with Crippen molar-refractivity contribution in [3.8, 4) is 0 Å². The first-order chi connectivity index (χ1) is 13.1. The Bertz CT molecular complexity index is 805. The lowest BCUT2D eigenvalue weighted by Crippen LogP contribution is -2.55. The Kier molecular flexibility index (Phi) is 5.20. The summed E-state index contributed by atoms with van der Waals surface area (Å²) in [6.07, 6.45) is 1.24. The first-order valence-electron chi connectivity index (χ1n) is 9.47. The summed E-state index contributed by atoms with van der Waals surface area (Å²) < 4.78 is 13.8. The second-order valence-corrected chi connectivity index (χ2v) is 7.30. The maximum Gasteiger partial charge on any atom is 0.254 e. The van der Waals surface area contributed by atoms with E-state index in [0.717, 1.165) is 19.5 Å². The van der Waals surface area contributed by atoms with E-state index in [9.17, 15) is 9.18 Å². The molecule has 2 aliphatic heterocycles. The number of carbonyl (C=O) groups is 1. The largest absolute Gasteiger partial charge is 0.336 e. The van der Waals surface area contributed by atoms with Gasteiger partial charge in [-0.05, 0) is 36.6 Å². The van der Waals surface area contributed by atoms with Crippen LogP contribution in [0.1, 0.15) is 33.9 Å². The summed E-state index contributed by atoms with van der Waals surface area (Å²) in [4.78, 5) is 16.8. The Balaban J connectivity index is 1.32. The quantitative estimate of drug-likeness (QED) is 0.874. The maximum absolute atomic E-state index is 13.8. The number of hydrazine groups is 1. The molecule has 0 radical (unpaired) electrons. The average molecular weight is 368 g/mol. The van der Waals surface area contributed by atoms with Gasteiger partial charge < -0.3 is 4.90 Å². The summed E-state index contributed by atoms with van der Waals surface area (Å²) in [7, 11) is 0. The molecular weight excluding hydrogens is 343 g/mol. The fourth-order valence-electron chi connectivity index (χ4n) is 3.83. The number of halogens is 1. The van der Waals surface area contributed by atoms with E-state index < -0.39 is 0 Å². The highest BCUT2D eigenvalue weighted by molar-refractivity contribution is 5.94. The number of carbonyl (C=O) groups excluding carboxylic acids is 1. The first kappa shape index (κ1) is 18.1. The average Bonchev–Trinajstić information content (AvgIpc) is 3.21. The van der Waals surface area contributed by atoms with Crippen molar-refractivity contribution < 1.29 is 9.18 Å². The Morgan fingerprint density at radius 2 is 1.78 bits per heavy atom. The van der Waals surface area contributed by atoms with Crippen LogP contribution in [0.25, 0.3) is 0 Å². The number of hydrogen-bond donors (Lipinski definition) is 2. The Morgan fingerprint density at radius 1 is 1.04 bits per heavy atom. The molecule has 27 heavy (non-hydrogen) atoms. The van der Waals surface area contributed by atoms with E-state index in [-0.39, 0.29) is 17.9 Å². The summed E-state index contributed by atoms with van der Waals surface area (Å²) in [5.41, 5.74) is 9.03. The standard InChI is InChI=1S/C21H25FN4O/c1-15-7-8-17(13-18(15)22)21(27)26-11-9-25(10-12-26)20-14-19(23-24-20)16-5-3-2-4-6-16/h2-8,13,19-20,23-24H,9-12,14H2,1H3. The summed E-state index contributed by atoms with van der Waals surface area (Å²) >= 11 is 0. The highest BCUT2D eigenvalue weighted by Crippen LogP contribution is 2.24. The summed E-state index contributed by atoms with van der Waals surface area (Å²) in [6, 6.07) is 15.4. The Labute approximate surface area is 159 Å². The van der Waals surface area contributed by atoms with Crippen molar-refractivity contribution in [2.45, 2.75) is 25.6 Å². The molecule has 2 fully saturated rings. The lowest BCUT2D eigenvalue weighted by molar-refractivity contribution is 0.0544. The molecule has 6 heteroatoms. The Morgan fingerprint density at radius 3 is 2.48 bits per heavy atom. The van der Waals surface area contributed by atoms with Gasteiger partial charge in [0.2, 0.25) is 0 Å². The third-order valence-electron chi connectivity index (χ3n) is 5.55. The molecule has 2 aromatic carbocycles. The third-order valence-corrected chi connectivity index (χ3v) is 5.55. The predicted molar refractivity (Wildman–Crippen MR) is 102 cm³/mol. The minimum Gasteiger partial charge on any atom is -0.336 e. The van der Waals surface area contributed by atoms with E-state index >= 15 is 0 Å². The molecule has 5 nitrogen and oxygen atoms in total. The van der Waals surface area contributed by atoms with Crippen LogP contribution in [-0.2, 0) is 0 Å². The molecule has 2 unspecified atom stereocenters. The lowest BCUT2D eigenvalue weighted by Gasteiger charge is -2.37. The van der Waals surface area contributed by atoms with Crippen molar-refractivity contribution >= 4 is 5.91 Å². The van der Waals surface area contributed by atoms with Crippen LogP contribution >= 0.6 is 0 Å². The van der Waals surface area contributed by atoms with Crippen molar-refractivity contribution in [2.75, 3.05) is 26.2 Å². The number of nitrogens with zero attached hydrogens (tertiary/aromatic N) is 2. The molecule has 142 valence electrons. The van der Waals surface area contributed by atoms with Gasteiger partial charge in [0.1, 0.15) is 5.82 Å². The van der Waals surface area contributed by atoms with Gasteiger partial charge in [0.05, 0.1) is 6.17 Å². The molecular formula is C21H25FN4O. The van der Waals surface area contributed by atoms with Gasteiger partial charge >= 0.3 is 0 Å². The molecule has 0 spiro atoms. The van der Waals surface area contributed by atoms with Gasteiger partial charge in [0.25, 0.3) is 5.91 Å². The van der Waals surface area contributed by atoms with Gasteiger partial charge in [0.15, 0.2) is 0 Å². The molecule has 2 N–H and O–H groups in total. The molecule has 2 saturated heterocycles. The molecule has 2 atom stereocenters. The summed E-state index contributed by atoms with van der Waals surface area (Å²) in [5.74, 6) is -0.416. The summed E-state index contributed by atoms with van der Waals surface area (Å²) in [5, 5.41) is 0. The predicted octanol–water partition coefficient (Wildman–Crippen LogP) is 2.46. The number of nitrogens with one attached hydrogen (secondary N) is 2. The first-order valence-corrected chi connectivity index (χ1v) is 9.47. The van der Waals surface area contributed by atoms with Gasteiger partial charge in [-0.15, -0.1) is 0 Å². The molecule has 0 bridgehead atoms. The molecule has 1 amide bonds. The Hall–Kier alpha value is -2.28. The van der Waals surface area contributed by atoms with Crippen LogP contribution in [0.15, 0.2) is 48.5 Å². The van der Waals surface area contributed by atoms with E-state index in [2.05, 4.69) is 40.0 Å². The number of piperazine rings is 1. The molecule has 2 aliphatic rings.